The predicted octanol–water partition coefficient (Wildman–Crippen LogP) is -0.205. The second-order valence-electron chi connectivity index (χ2n) is 3.22. The summed E-state index contributed by atoms with van der Waals surface area (Å²) in [5.74, 6) is -1.56. The summed E-state index contributed by atoms with van der Waals surface area (Å²) in [6, 6.07) is 0. The Bertz CT molecular complexity index is 471. The van der Waals surface area contributed by atoms with E-state index in [0.717, 1.165) is 0 Å². The molecule has 0 aliphatic carbocycles. The third-order valence-electron chi connectivity index (χ3n) is 1.83. The third kappa shape index (κ3) is 3.63. The standard InChI is InChI=1S/C8H12N2O5S/c1-5-6(2)15-7(10-5)3-9-16(13,14)4-8(11)12/h9H,3-4H2,1-2H3,(H,11,12). The van der Waals surface area contributed by atoms with Gasteiger partial charge in [-0.05, 0) is 13.8 Å². The fraction of sp³-hybridized carbons (Fsp3) is 0.500. The number of nitrogens with one attached hydrogen (secondary N) is 1. The maximum absolute atomic E-state index is 11.1. The molecule has 90 valence electrons. The lowest BCUT2D eigenvalue weighted by molar-refractivity contribution is -0.134. The van der Waals surface area contributed by atoms with Gasteiger partial charge in [-0.1, -0.05) is 0 Å². The van der Waals surface area contributed by atoms with Crippen LogP contribution in [0.3, 0.4) is 0 Å². The molecule has 1 aromatic heterocycles. The highest BCUT2D eigenvalue weighted by Gasteiger charge is 2.16. The Morgan fingerprint density at radius 3 is 2.56 bits per heavy atom. The highest BCUT2D eigenvalue weighted by Crippen LogP contribution is 2.07. The van der Waals surface area contributed by atoms with Crippen molar-refractivity contribution < 1.29 is 22.7 Å². The van der Waals surface area contributed by atoms with E-state index in [1.807, 2.05) is 0 Å². The summed E-state index contributed by atoms with van der Waals surface area (Å²) in [6.07, 6.45) is 0. The van der Waals surface area contributed by atoms with Gasteiger partial charge in [0.05, 0.1) is 12.2 Å². The van der Waals surface area contributed by atoms with Crippen molar-refractivity contribution in [2.24, 2.45) is 0 Å². The number of hydrogen-bond donors (Lipinski definition) is 2. The normalized spacial score (nSPS) is 11.6. The Hall–Kier alpha value is -1.41. The molecule has 7 nitrogen and oxygen atoms in total. The molecular formula is C8H12N2O5S. The van der Waals surface area contributed by atoms with Crippen molar-refractivity contribution in [3.8, 4) is 0 Å². The van der Waals surface area contributed by atoms with Gasteiger partial charge >= 0.3 is 5.97 Å². The molecule has 0 bridgehead atoms. The fourth-order valence-corrected chi connectivity index (χ4v) is 1.77. The van der Waals surface area contributed by atoms with Crippen molar-refractivity contribution in [1.82, 2.24) is 9.71 Å². The first-order valence-electron chi connectivity index (χ1n) is 4.42. The summed E-state index contributed by atoms with van der Waals surface area (Å²) in [5, 5.41) is 8.34. The van der Waals surface area contributed by atoms with E-state index in [9.17, 15) is 13.2 Å². The number of aryl methyl sites for hydroxylation is 2. The first-order chi connectivity index (χ1) is 7.30. The molecule has 0 saturated carbocycles. The van der Waals surface area contributed by atoms with Crippen molar-refractivity contribution in [2.75, 3.05) is 5.75 Å². The van der Waals surface area contributed by atoms with Gasteiger partial charge in [0.25, 0.3) is 0 Å². The maximum Gasteiger partial charge on any atom is 0.320 e. The summed E-state index contributed by atoms with van der Waals surface area (Å²) in [4.78, 5) is 14.2. The van der Waals surface area contributed by atoms with E-state index < -0.39 is 21.7 Å². The average molecular weight is 248 g/mol. The fourth-order valence-electron chi connectivity index (χ4n) is 1.00. The van der Waals surface area contributed by atoms with Gasteiger partial charge in [-0.3, -0.25) is 4.79 Å². The zero-order valence-electron chi connectivity index (χ0n) is 8.85. The highest BCUT2D eigenvalue weighted by molar-refractivity contribution is 7.90. The topological polar surface area (TPSA) is 110 Å². The van der Waals surface area contributed by atoms with Crippen LogP contribution in [-0.2, 0) is 21.4 Å². The summed E-state index contributed by atoms with van der Waals surface area (Å²) in [7, 11) is -3.83. The molecule has 1 aromatic rings. The molecule has 8 heteroatoms. The molecule has 0 saturated heterocycles. The largest absolute Gasteiger partial charge is 0.480 e. The summed E-state index contributed by atoms with van der Waals surface area (Å²) < 4.78 is 29.5. The van der Waals surface area contributed by atoms with Crippen LogP contribution in [0.1, 0.15) is 17.3 Å². The average Bonchev–Trinajstić information content (AvgIpc) is 2.41. The summed E-state index contributed by atoms with van der Waals surface area (Å²) in [5.41, 5.74) is 0.674. The van der Waals surface area contributed by atoms with Crippen molar-refractivity contribution in [3.05, 3.63) is 17.3 Å². The number of sulfonamides is 1. The molecule has 0 atom stereocenters. The monoisotopic (exact) mass is 248 g/mol. The molecule has 0 unspecified atom stereocenters. The van der Waals surface area contributed by atoms with Crippen LogP contribution >= 0.6 is 0 Å². The number of nitrogens with zero attached hydrogens (tertiary/aromatic N) is 1. The molecule has 0 aromatic carbocycles. The predicted molar refractivity (Wildman–Crippen MR) is 54.2 cm³/mol. The number of hydrogen-bond acceptors (Lipinski definition) is 5. The summed E-state index contributed by atoms with van der Waals surface area (Å²) in [6.45, 7) is 3.29. The third-order valence-corrected chi connectivity index (χ3v) is 3.04. The van der Waals surface area contributed by atoms with Crippen LogP contribution in [0.15, 0.2) is 4.42 Å². The van der Waals surface area contributed by atoms with Crippen molar-refractivity contribution in [2.45, 2.75) is 20.4 Å². The molecule has 16 heavy (non-hydrogen) atoms. The second kappa shape index (κ2) is 4.62. The Balaban J connectivity index is 2.61. The molecule has 1 heterocycles. The highest BCUT2D eigenvalue weighted by atomic mass is 32.2. The molecule has 0 radical (unpaired) electrons. The molecular weight excluding hydrogens is 236 g/mol. The Kier molecular flexibility index (Phi) is 3.66. The maximum atomic E-state index is 11.1. The van der Waals surface area contributed by atoms with Crippen LogP contribution in [-0.4, -0.2) is 30.2 Å². The SMILES string of the molecule is Cc1nc(CNS(=O)(=O)CC(=O)O)oc1C. The van der Waals surface area contributed by atoms with Gasteiger partial charge in [0.15, 0.2) is 5.75 Å². The van der Waals surface area contributed by atoms with Gasteiger partial charge in [0.2, 0.25) is 15.9 Å². The van der Waals surface area contributed by atoms with E-state index in [1.54, 1.807) is 13.8 Å². The van der Waals surface area contributed by atoms with Crippen molar-refractivity contribution in [1.29, 1.82) is 0 Å². The lowest BCUT2D eigenvalue weighted by atomic mass is 10.4. The molecule has 0 spiro atoms. The van der Waals surface area contributed by atoms with E-state index in [4.69, 9.17) is 9.52 Å². The minimum Gasteiger partial charge on any atom is -0.480 e. The van der Waals surface area contributed by atoms with Crippen LogP contribution in [0.4, 0.5) is 0 Å². The van der Waals surface area contributed by atoms with E-state index in [1.165, 1.54) is 0 Å². The quantitative estimate of drug-likeness (QED) is 0.746. The zero-order valence-corrected chi connectivity index (χ0v) is 9.67. The number of carboxylic acids is 1. The molecule has 0 aliphatic rings. The van der Waals surface area contributed by atoms with E-state index in [2.05, 4.69) is 9.71 Å². The van der Waals surface area contributed by atoms with Crippen LogP contribution in [0.2, 0.25) is 0 Å². The van der Waals surface area contributed by atoms with Gasteiger partial charge in [-0.25, -0.2) is 18.1 Å². The molecule has 0 aliphatic heterocycles. The molecule has 2 N–H and O–H groups in total. The van der Waals surface area contributed by atoms with Gasteiger partial charge in [0.1, 0.15) is 5.76 Å². The lowest BCUT2D eigenvalue weighted by Gasteiger charge is -2.00. The zero-order chi connectivity index (χ0) is 12.3. The smallest absolute Gasteiger partial charge is 0.320 e. The molecule has 1 rings (SSSR count). The van der Waals surface area contributed by atoms with Crippen LogP contribution in [0, 0.1) is 13.8 Å². The number of aromatic nitrogens is 1. The first kappa shape index (κ1) is 12.7. The number of rotatable bonds is 5. The Labute approximate surface area is 92.5 Å². The number of carboxylic acid groups (broad SMARTS) is 1. The van der Waals surface area contributed by atoms with E-state index in [-0.39, 0.29) is 12.4 Å². The van der Waals surface area contributed by atoms with E-state index in [0.29, 0.717) is 11.5 Å². The molecule has 0 amide bonds. The second-order valence-corrected chi connectivity index (χ2v) is 5.03. The number of carbonyl (C=O) groups is 1. The summed E-state index contributed by atoms with van der Waals surface area (Å²) >= 11 is 0. The minimum absolute atomic E-state index is 0.149. The minimum atomic E-state index is -3.83. The van der Waals surface area contributed by atoms with Gasteiger partial charge in [-0.2, -0.15) is 0 Å². The van der Waals surface area contributed by atoms with Crippen molar-refractivity contribution >= 4 is 16.0 Å². The van der Waals surface area contributed by atoms with Crippen LogP contribution in [0.5, 0.6) is 0 Å². The first-order valence-corrected chi connectivity index (χ1v) is 6.07. The lowest BCUT2D eigenvalue weighted by Crippen LogP contribution is -2.29. The molecule has 0 fully saturated rings. The number of oxazole rings is 1. The Morgan fingerprint density at radius 2 is 2.12 bits per heavy atom. The Morgan fingerprint density at radius 1 is 1.50 bits per heavy atom. The van der Waals surface area contributed by atoms with Gasteiger partial charge in [0, 0.05) is 0 Å². The van der Waals surface area contributed by atoms with Crippen molar-refractivity contribution in [3.63, 3.8) is 0 Å². The van der Waals surface area contributed by atoms with Crippen LogP contribution in [0.25, 0.3) is 0 Å². The number of aliphatic carboxylic acids is 1. The van der Waals surface area contributed by atoms with Gasteiger partial charge in [-0.15, -0.1) is 0 Å². The van der Waals surface area contributed by atoms with Crippen LogP contribution < -0.4 is 4.72 Å². The van der Waals surface area contributed by atoms with Gasteiger partial charge < -0.3 is 9.52 Å². The van der Waals surface area contributed by atoms with E-state index >= 15 is 0 Å².